The van der Waals surface area contributed by atoms with E-state index in [0.29, 0.717) is 22.6 Å². The molecule has 0 saturated carbocycles. The molecule has 194 valence electrons. The Hall–Kier alpha value is -3.38. The summed E-state index contributed by atoms with van der Waals surface area (Å²) in [5.41, 5.74) is 13.8. The van der Waals surface area contributed by atoms with Crippen molar-refractivity contribution in [2.75, 3.05) is 18.8 Å². The number of ether oxygens (including phenoxy) is 1. The number of aromatic nitrogens is 2. The molecule has 0 radical (unpaired) electrons. The van der Waals surface area contributed by atoms with Crippen LogP contribution in [0.2, 0.25) is 0 Å². The van der Waals surface area contributed by atoms with Crippen LogP contribution in [-0.4, -0.2) is 28.1 Å². The van der Waals surface area contributed by atoms with Crippen LogP contribution in [0.4, 0.5) is 5.82 Å². The maximum atomic E-state index is 6.62. The molecule has 0 atom stereocenters. The van der Waals surface area contributed by atoms with Gasteiger partial charge in [0.15, 0.2) is 11.4 Å². The predicted octanol–water partition coefficient (Wildman–Crippen LogP) is 7.32. The van der Waals surface area contributed by atoms with Crippen LogP contribution >= 0.6 is 0 Å². The maximum Gasteiger partial charge on any atom is 0.174 e. The van der Waals surface area contributed by atoms with Gasteiger partial charge in [-0.05, 0) is 67.8 Å². The average Bonchev–Trinajstić information content (AvgIpc) is 3.24. The van der Waals surface area contributed by atoms with E-state index in [1.165, 1.54) is 29.5 Å². The highest BCUT2D eigenvalue weighted by molar-refractivity contribution is 5.87. The summed E-state index contributed by atoms with van der Waals surface area (Å²) in [6.07, 6.45) is 4.38. The van der Waals surface area contributed by atoms with Gasteiger partial charge in [0.05, 0.1) is 11.1 Å². The van der Waals surface area contributed by atoms with E-state index < -0.39 is 0 Å². The van der Waals surface area contributed by atoms with E-state index in [-0.39, 0.29) is 0 Å². The van der Waals surface area contributed by atoms with Crippen LogP contribution in [0, 0.1) is 12.3 Å². The van der Waals surface area contributed by atoms with E-state index in [4.69, 9.17) is 20.0 Å². The summed E-state index contributed by atoms with van der Waals surface area (Å²) in [7, 11) is 0. The van der Waals surface area contributed by atoms with Crippen LogP contribution < -0.4 is 10.5 Å². The molecule has 3 heterocycles. The predicted molar refractivity (Wildman–Crippen MR) is 150 cm³/mol. The van der Waals surface area contributed by atoms with Crippen LogP contribution in [0.25, 0.3) is 22.2 Å². The normalized spacial score (nSPS) is 15.8. The molecule has 0 spiro atoms. The van der Waals surface area contributed by atoms with Crippen molar-refractivity contribution in [1.29, 1.82) is 0 Å². The van der Waals surface area contributed by atoms with Gasteiger partial charge >= 0.3 is 0 Å². The molecule has 1 fully saturated rings. The SMILES string of the molecule is CCc1cccc(CC)c1-c1cc(Oc2ccc3c(N)noc3c2)c(CN2CCCC(C)(C)C2)c(C)n1. The highest BCUT2D eigenvalue weighted by Gasteiger charge is 2.28. The molecule has 2 aromatic heterocycles. The first-order valence-electron chi connectivity index (χ1n) is 13.4. The molecule has 6 heteroatoms. The molecule has 0 unspecified atom stereocenters. The minimum absolute atomic E-state index is 0.313. The number of rotatable bonds is 7. The fourth-order valence-corrected chi connectivity index (χ4v) is 5.68. The van der Waals surface area contributed by atoms with Crippen molar-refractivity contribution < 1.29 is 9.26 Å². The van der Waals surface area contributed by atoms with Gasteiger partial charge in [-0.3, -0.25) is 9.88 Å². The number of pyridine rings is 1. The Bertz CT molecular complexity index is 1400. The van der Waals surface area contributed by atoms with Crippen molar-refractivity contribution in [3.05, 3.63) is 64.8 Å². The number of aryl methyl sites for hydroxylation is 3. The molecule has 1 aliphatic heterocycles. The maximum absolute atomic E-state index is 6.62. The molecule has 6 nitrogen and oxygen atoms in total. The molecule has 2 aromatic carbocycles. The van der Waals surface area contributed by atoms with Crippen molar-refractivity contribution in [1.82, 2.24) is 15.0 Å². The number of hydrogen-bond acceptors (Lipinski definition) is 6. The number of nitrogens with two attached hydrogens (primary N) is 1. The molecule has 5 rings (SSSR count). The Balaban J connectivity index is 1.60. The van der Waals surface area contributed by atoms with Gasteiger partial charge in [-0.2, -0.15) is 0 Å². The second-order valence-electron chi connectivity index (χ2n) is 11.0. The van der Waals surface area contributed by atoms with E-state index in [9.17, 15) is 0 Å². The van der Waals surface area contributed by atoms with Crippen molar-refractivity contribution in [3.63, 3.8) is 0 Å². The van der Waals surface area contributed by atoms with Crippen molar-refractivity contribution in [2.24, 2.45) is 5.41 Å². The van der Waals surface area contributed by atoms with Gasteiger partial charge in [-0.1, -0.05) is 51.1 Å². The Morgan fingerprint density at radius 2 is 1.84 bits per heavy atom. The van der Waals surface area contributed by atoms with Gasteiger partial charge in [0.1, 0.15) is 11.5 Å². The van der Waals surface area contributed by atoms with Gasteiger partial charge in [-0.15, -0.1) is 0 Å². The van der Waals surface area contributed by atoms with Gasteiger partial charge in [0.2, 0.25) is 0 Å². The minimum atomic E-state index is 0.313. The smallest absolute Gasteiger partial charge is 0.174 e. The van der Waals surface area contributed by atoms with Crippen LogP contribution in [-0.2, 0) is 19.4 Å². The third-order valence-corrected chi connectivity index (χ3v) is 7.61. The zero-order chi connectivity index (χ0) is 26.2. The fraction of sp³-hybridized carbons (Fsp3) is 0.419. The van der Waals surface area contributed by atoms with E-state index in [1.807, 2.05) is 18.2 Å². The molecule has 37 heavy (non-hydrogen) atoms. The van der Waals surface area contributed by atoms with Crippen molar-refractivity contribution in [3.8, 4) is 22.8 Å². The summed E-state index contributed by atoms with van der Waals surface area (Å²) >= 11 is 0. The van der Waals surface area contributed by atoms with E-state index in [1.54, 1.807) is 0 Å². The van der Waals surface area contributed by atoms with E-state index >= 15 is 0 Å². The minimum Gasteiger partial charge on any atom is -0.457 e. The molecule has 0 amide bonds. The number of nitrogen functional groups attached to an aromatic ring is 1. The molecule has 4 aromatic rings. The quantitative estimate of drug-likeness (QED) is 0.288. The third kappa shape index (κ3) is 5.21. The van der Waals surface area contributed by atoms with Gasteiger partial charge in [0.25, 0.3) is 0 Å². The fourth-order valence-electron chi connectivity index (χ4n) is 5.68. The lowest BCUT2D eigenvalue weighted by Gasteiger charge is -2.38. The Morgan fingerprint density at radius 1 is 1.08 bits per heavy atom. The molecular weight excluding hydrogens is 460 g/mol. The third-order valence-electron chi connectivity index (χ3n) is 7.61. The molecule has 0 aliphatic carbocycles. The number of nitrogens with zero attached hydrogens (tertiary/aromatic N) is 3. The zero-order valence-electron chi connectivity index (χ0n) is 22.7. The summed E-state index contributed by atoms with van der Waals surface area (Å²) < 4.78 is 12.0. The lowest BCUT2D eigenvalue weighted by atomic mass is 9.84. The highest BCUT2D eigenvalue weighted by atomic mass is 16.5. The van der Waals surface area contributed by atoms with Crippen LogP contribution in [0.15, 0.2) is 47.0 Å². The first kappa shape index (κ1) is 25.3. The zero-order valence-corrected chi connectivity index (χ0v) is 22.7. The van der Waals surface area contributed by atoms with E-state index in [2.05, 4.69) is 68.9 Å². The Kier molecular flexibility index (Phi) is 6.95. The summed E-state index contributed by atoms with van der Waals surface area (Å²) in [5, 5.41) is 4.68. The van der Waals surface area contributed by atoms with Gasteiger partial charge in [-0.25, -0.2) is 0 Å². The van der Waals surface area contributed by atoms with E-state index in [0.717, 1.165) is 60.6 Å². The Labute approximate surface area is 219 Å². The second kappa shape index (κ2) is 10.2. The van der Waals surface area contributed by atoms with Crippen LogP contribution in [0.1, 0.15) is 62.9 Å². The average molecular weight is 499 g/mol. The molecule has 2 N–H and O–H groups in total. The number of hydrogen-bond donors (Lipinski definition) is 1. The van der Waals surface area contributed by atoms with Gasteiger partial charge in [0, 0.05) is 42.0 Å². The van der Waals surface area contributed by atoms with Crippen LogP contribution in [0.5, 0.6) is 11.5 Å². The number of likely N-dealkylation sites (tertiary alicyclic amines) is 1. The molecule has 0 bridgehead atoms. The first-order valence-corrected chi connectivity index (χ1v) is 13.4. The lowest BCUT2D eigenvalue weighted by Crippen LogP contribution is -2.39. The molecule has 1 saturated heterocycles. The molecular formula is C31H38N4O2. The monoisotopic (exact) mass is 498 g/mol. The van der Waals surface area contributed by atoms with Crippen LogP contribution in [0.3, 0.4) is 0 Å². The topological polar surface area (TPSA) is 77.4 Å². The summed E-state index contributed by atoms with van der Waals surface area (Å²) in [4.78, 5) is 7.71. The summed E-state index contributed by atoms with van der Waals surface area (Å²) in [6.45, 7) is 14.2. The number of piperidine rings is 1. The Morgan fingerprint density at radius 3 is 2.54 bits per heavy atom. The lowest BCUT2D eigenvalue weighted by molar-refractivity contribution is 0.111. The van der Waals surface area contributed by atoms with Crippen molar-refractivity contribution >= 4 is 16.8 Å². The highest BCUT2D eigenvalue weighted by Crippen LogP contribution is 2.38. The summed E-state index contributed by atoms with van der Waals surface area (Å²) in [5.74, 6) is 1.92. The largest absolute Gasteiger partial charge is 0.457 e. The summed E-state index contributed by atoms with van der Waals surface area (Å²) in [6, 6.07) is 14.4. The second-order valence-corrected chi connectivity index (χ2v) is 11.0. The van der Waals surface area contributed by atoms with Gasteiger partial charge < -0.3 is 15.0 Å². The van der Waals surface area contributed by atoms with Crippen molar-refractivity contribution in [2.45, 2.75) is 66.8 Å². The number of fused-ring (bicyclic) bond motifs is 1. The standard InChI is InChI=1S/C31H38N4O2/c1-6-21-10-8-11-22(7-2)29(21)26-17-27(36-23-12-13-24-28(16-23)37-34-30(24)32)25(20(3)33-26)18-35-15-9-14-31(4,5)19-35/h8,10-13,16-17H,6-7,9,14-15,18-19H2,1-5H3,(H2,32,34). The first-order chi connectivity index (χ1) is 17.8. The molecule has 1 aliphatic rings. The number of benzene rings is 2. The number of anilines is 1.